The van der Waals surface area contributed by atoms with Crippen molar-refractivity contribution in [2.45, 2.75) is 6.42 Å². The summed E-state index contributed by atoms with van der Waals surface area (Å²) in [6, 6.07) is 7.30. The highest BCUT2D eigenvalue weighted by atomic mass is 16.5. The Balaban J connectivity index is 2.74. The van der Waals surface area contributed by atoms with Crippen LogP contribution in [0, 0.1) is 0 Å². The minimum Gasteiger partial charge on any atom is -0.492 e. The van der Waals surface area contributed by atoms with Crippen LogP contribution in [0.3, 0.4) is 0 Å². The van der Waals surface area contributed by atoms with Gasteiger partial charge in [0, 0.05) is 12.1 Å². The monoisotopic (exact) mass is 194 g/mol. The zero-order valence-electron chi connectivity index (χ0n) is 7.90. The first-order valence-corrected chi connectivity index (χ1v) is 4.43. The van der Waals surface area contributed by atoms with Crippen LogP contribution >= 0.6 is 0 Å². The van der Waals surface area contributed by atoms with E-state index in [9.17, 15) is 4.79 Å². The topological polar surface area (TPSA) is 78.3 Å². The zero-order chi connectivity index (χ0) is 10.4. The lowest BCUT2D eigenvalue weighted by Gasteiger charge is -2.08. The molecule has 0 saturated carbocycles. The van der Waals surface area contributed by atoms with Gasteiger partial charge < -0.3 is 16.2 Å². The number of para-hydroxylation sites is 1. The third-order valence-electron chi connectivity index (χ3n) is 1.71. The Morgan fingerprint density at radius 2 is 2.07 bits per heavy atom. The number of primary amides is 1. The van der Waals surface area contributed by atoms with Crippen molar-refractivity contribution in [1.82, 2.24) is 0 Å². The summed E-state index contributed by atoms with van der Waals surface area (Å²) in [6.07, 6.45) is 0.195. The van der Waals surface area contributed by atoms with E-state index in [1.807, 2.05) is 18.2 Å². The van der Waals surface area contributed by atoms with E-state index < -0.39 is 0 Å². The fraction of sp³-hybridized carbons (Fsp3) is 0.300. The lowest BCUT2D eigenvalue weighted by Crippen LogP contribution is -2.16. The maximum absolute atomic E-state index is 10.7. The summed E-state index contributed by atoms with van der Waals surface area (Å²) in [6.45, 7) is 0.890. The molecule has 1 rings (SSSR count). The van der Waals surface area contributed by atoms with Crippen LogP contribution in [-0.2, 0) is 11.2 Å². The minimum absolute atomic E-state index is 0.195. The van der Waals surface area contributed by atoms with Crippen molar-refractivity contribution >= 4 is 5.91 Å². The number of carbonyl (C=O) groups is 1. The first-order chi connectivity index (χ1) is 6.74. The van der Waals surface area contributed by atoms with Crippen LogP contribution in [0.2, 0.25) is 0 Å². The third-order valence-corrected chi connectivity index (χ3v) is 1.71. The molecule has 4 N–H and O–H groups in total. The summed E-state index contributed by atoms with van der Waals surface area (Å²) in [7, 11) is 0. The smallest absolute Gasteiger partial charge is 0.221 e. The number of hydrogen-bond acceptors (Lipinski definition) is 3. The molecule has 76 valence electrons. The number of nitrogens with two attached hydrogens (primary N) is 2. The van der Waals surface area contributed by atoms with Gasteiger partial charge in [0.05, 0.1) is 6.42 Å². The van der Waals surface area contributed by atoms with E-state index in [1.165, 1.54) is 0 Å². The van der Waals surface area contributed by atoms with Gasteiger partial charge >= 0.3 is 0 Å². The highest BCUT2D eigenvalue weighted by molar-refractivity contribution is 5.77. The first kappa shape index (κ1) is 10.5. The van der Waals surface area contributed by atoms with Gasteiger partial charge in [0.2, 0.25) is 5.91 Å². The Bertz CT molecular complexity index is 313. The van der Waals surface area contributed by atoms with Gasteiger partial charge in [0.15, 0.2) is 0 Å². The second-order valence-electron chi connectivity index (χ2n) is 2.89. The Kier molecular flexibility index (Phi) is 3.94. The molecule has 0 aliphatic carbocycles. The summed E-state index contributed by atoms with van der Waals surface area (Å²) in [5.41, 5.74) is 11.2. The van der Waals surface area contributed by atoms with Crippen LogP contribution in [-0.4, -0.2) is 19.1 Å². The molecule has 14 heavy (non-hydrogen) atoms. The fourth-order valence-electron chi connectivity index (χ4n) is 1.15. The van der Waals surface area contributed by atoms with E-state index in [0.29, 0.717) is 18.9 Å². The second kappa shape index (κ2) is 5.24. The molecule has 0 unspecified atom stereocenters. The number of benzene rings is 1. The van der Waals surface area contributed by atoms with E-state index in [0.717, 1.165) is 5.56 Å². The van der Waals surface area contributed by atoms with Gasteiger partial charge in [-0.3, -0.25) is 4.79 Å². The number of amides is 1. The van der Waals surface area contributed by atoms with Crippen LogP contribution < -0.4 is 16.2 Å². The molecule has 0 heterocycles. The van der Waals surface area contributed by atoms with E-state index in [4.69, 9.17) is 16.2 Å². The average molecular weight is 194 g/mol. The zero-order valence-corrected chi connectivity index (χ0v) is 7.90. The van der Waals surface area contributed by atoms with Gasteiger partial charge in [-0.25, -0.2) is 0 Å². The molecule has 0 aliphatic rings. The predicted octanol–water partition coefficient (Wildman–Crippen LogP) is 0.0519. The molecule has 1 aromatic rings. The van der Waals surface area contributed by atoms with Crippen LogP contribution in [0.25, 0.3) is 0 Å². The van der Waals surface area contributed by atoms with Gasteiger partial charge in [-0.2, -0.15) is 0 Å². The Morgan fingerprint density at radius 1 is 1.36 bits per heavy atom. The van der Waals surface area contributed by atoms with E-state index in [2.05, 4.69) is 0 Å². The molecule has 0 aromatic heterocycles. The van der Waals surface area contributed by atoms with Crippen molar-refractivity contribution in [1.29, 1.82) is 0 Å². The molecule has 0 atom stereocenters. The van der Waals surface area contributed by atoms with Crippen molar-refractivity contribution < 1.29 is 9.53 Å². The molecule has 0 fully saturated rings. The standard InChI is InChI=1S/C10H14N2O2/c11-5-6-14-9-4-2-1-3-8(9)7-10(12)13/h1-4H,5-7,11H2,(H2,12,13). The van der Waals surface area contributed by atoms with Crippen molar-refractivity contribution in [3.05, 3.63) is 29.8 Å². The lowest BCUT2D eigenvalue weighted by molar-refractivity contribution is -0.117. The largest absolute Gasteiger partial charge is 0.492 e. The van der Waals surface area contributed by atoms with Gasteiger partial charge in [-0.1, -0.05) is 18.2 Å². The minimum atomic E-state index is -0.367. The second-order valence-corrected chi connectivity index (χ2v) is 2.89. The molecular formula is C10H14N2O2. The molecule has 4 heteroatoms. The Labute approximate surface area is 82.8 Å². The molecule has 0 spiro atoms. The molecule has 1 aromatic carbocycles. The van der Waals surface area contributed by atoms with Gasteiger partial charge in [-0.05, 0) is 6.07 Å². The Morgan fingerprint density at radius 3 is 2.71 bits per heavy atom. The van der Waals surface area contributed by atoms with Crippen LogP contribution in [0.1, 0.15) is 5.56 Å². The van der Waals surface area contributed by atoms with E-state index in [-0.39, 0.29) is 12.3 Å². The molecule has 0 bridgehead atoms. The quantitative estimate of drug-likeness (QED) is 0.695. The fourth-order valence-corrected chi connectivity index (χ4v) is 1.15. The highest BCUT2D eigenvalue weighted by Crippen LogP contribution is 2.17. The summed E-state index contributed by atoms with van der Waals surface area (Å²) < 4.78 is 5.35. The van der Waals surface area contributed by atoms with Crippen molar-refractivity contribution in [2.24, 2.45) is 11.5 Å². The number of ether oxygens (including phenoxy) is 1. The van der Waals surface area contributed by atoms with E-state index >= 15 is 0 Å². The molecule has 0 aliphatic heterocycles. The maximum atomic E-state index is 10.7. The van der Waals surface area contributed by atoms with Crippen molar-refractivity contribution in [3.8, 4) is 5.75 Å². The van der Waals surface area contributed by atoms with Gasteiger partial charge in [0.25, 0.3) is 0 Å². The first-order valence-electron chi connectivity index (χ1n) is 4.43. The number of hydrogen-bond donors (Lipinski definition) is 2. The Hall–Kier alpha value is -1.55. The van der Waals surface area contributed by atoms with E-state index in [1.54, 1.807) is 6.07 Å². The molecule has 0 saturated heterocycles. The molecular weight excluding hydrogens is 180 g/mol. The third kappa shape index (κ3) is 3.06. The average Bonchev–Trinajstić information content (AvgIpc) is 2.16. The molecule has 0 radical (unpaired) electrons. The van der Waals surface area contributed by atoms with Crippen LogP contribution in [0.15, 0.2) is 24.3 Å². The molecule has 4 nitrogen and oxygen atoms in total. The van der Waals surface area contributed by atoms with Gasteiger partial charge in [-0.15, -0.1) is 0 Å². The van der Waals surface area contributed by atoms with Crippen LogP contribution in [0.5, 0.6) is 5.75 Å². The summed E-state index contributed by atoms with van der Waals surface area (Å²) >= 11 is 0. The lowest BCUT2D eigenvalue weighted by atomic mass is 10.1. The molecule has 1 amide bonds. The summed E-state index contributed by atoms with van der Waals surface area (Å²) in [5, 5.41) is 0. The van der Waals surface area contributed by atoms with Crippen molar-refractivity contribution in [3.63, 3.8) is 0 Å². The predicted molar refractivity (Wildman–Crippen MR) is 53.9 cm³/mol. The number of carbonyl (C=O) groups excluding carboxylic acids is 1. The van der Waals surface area contributed by atoms with Crippen LogP contribution in [0.4, 0.5) is 0 Å². The highest BCUT2D eigenvalue weighted by Gasteiger charge is 2.04. The normalized spacial score (nSPS) is 9.79. The van der Waals surface area contributed by atoms with Crippen molar-refractivity contribution in [2.75, 3.05) is 13.2 Å². The summed E-state index contributed by atoms with van der Waals surface area (Å²) in [5.74, 6) is 0.311. The summed E-state index contributed by atoms with van der Waals surface area (Å²) in [4.78, 5) is 10.7. The van der Waals surface area contributed by atoms with Gasteiger partial charge in [0.1, 0.15) is 12.4 Å². The maximum Gasteiger partial charge on any atom is 0.221 e. The SMILES string of the molecule is NCCOc1ccccc1CC(N)=O. The number of rotatable bonds is 5.